The first-order valence-electron chi connectivity index (χ1n) is 6.12. The zero-order chi connectivity index (χ0) is 13.8. The molecule has 0 bridgehead atoms. The number of halogens is 3. The van der Waals surface area contributed by atoms with Crippen LogP contribution in [0.3, 0.4) is 0 Å². The van der Waals surface area contributed by atoms with E-state index in [1.165, 1.54) is 4.90 Å². The molecule has 1 aliphatic rings. The van der Waals surface area contributed by atoms with Crippen LogP contribution in [-0.4, -0.2) is 47.4 Å². The van der Waals surface area contributed by atoms with E-state index in [1.54, 1.807) is 0 Å². The van der Waals surface area contributed by atoms with E-state index in [9.17, 15) is 23.1 Å². The smallest absolute Gasteiger partial charge is 0.380 e. The molecule has 1 rings (SSSR count). The van der Waals surface area contributed by atoms with Gasteiger partial charge in [0.05, 0.1) is 0 Å². The van der Waals surface area contributed by atoms with Crippen molar-refractivity contribution in [3.63, 3.8) is 0 Å². The Hall–Kier alpha value is -0.980. The van der Waals surface area contributed by atoms with Gasteiger partial charge in [-0.15, -0.1) is 0 Å². The van der Waals surface area contributed by atoms with Crippen LogP contribution < -0.4 is 5.32 Å². The van der Waals surface area contributed by atoms with Crippen molar-refractivity contribution in [3.05, 3.63) is 0 Å². The van der Waals surface area contributed by atoms with E-state index >= 15 is 0 Å². The van der Waals surface area contributed by atoms with Gasteiger partial charge in [0.25, 0.3) is 0 Å². The third-order valence-electron chi connectivity index (χ3n) is 3.21. The van der Waals surface area contributed by atoms with E-state index < -0.39 is 24.6 Å². The quantitative estimate of drug-likeness (QED) is 0.768. The maximum Gasteiger partial charge on any atom is 0.417 e. The SMILES string of the molecule is CCCCNC(=O)N1CCC(O)(C(F)(F)F)CC1. The van der Waals surface area contributed by atoms with Gasteiger partial charge in [0, 0.05) is 32.5 Å². The van der Waals surface area contributed by atoms with Gasteiger partial charge in [0.2, 0.25) is 0 Å². The number of hydrogen-bond donors (Lipinski definition) is 2. The summed E-state index contributed by atoms with van der Waals surface area (Å²) in [5.41, 5.74) is -2.65. The number of nitrogens with zero attached hydrogens (tertiary/aromatic N) is 1. The highest BCUT2D eigenvalue weighted by molar-refractivity contribution is 5.74. The topological polar surface area (TPSA) is 52.6 Å². The van der Waals surface area contributed by atoms with Gasteiger partial charge in [-0.05, 0) is 6.42 Å². The number of piperidine rings is 1. The molecular weight excluding hydrogens is 249 g/mol. The average Bonchev–Trinajstić information content (AvgIpc) is 2.28. The predicted molar refractivity (Wildman–Crippen MR) is 60.1 cm³/mol. The fourth-order valence-corrected chi connectivity index (χ4v) is 1.85. The summed E-state index contributed by atoms with van der Waals surface area (Å²) in [6.07, 6.45) is -3.77. The van der Waals surface area contributed by atoms with Gasteiger partial charge in [0.1, 0.15) is 0 Å². The Morgan fingerprint density at radius 3 is 2.39 bits per heavy atom. The van der Waals surface area contributed by atoms with Crippen LogP contribution in [0.5, 0.6) is 0 Å². The molecule has 0 atom stereocenters. The first kappa shape index (κ1) is 15.1. The molecule has 106 valence electrons. The summed E-state index contributed by atoms with van der Waals surface area (Å²) in [7, 11) is 0. The minimum Gasteiger partial charge on any atom is -0.380 e. The fraction of sp³-hybridized carbons (Fsp3) is 0.909. The second-order valence-electron chi connectivity index (χ2n) is 4.60. The number of carbonyl (C=O) groups is 1. The molecular formula is C11H19F3N2O2. The Morgan fingerprint density at radius 2 is 1.94 bits per heavy atom. The van der Waals surface area contributed by atoms with Crippen molar-refractivity contribution in [3.8, 4) is 0 Å². The summed E-state index contributed by atoms with van der Waals surface area (Å²) in [4.78, 5) is 12.9. The van der Waals surface area contributed by atoms with Crippen molar-refractivity contribution in [1.29, 1.82) is 0 Å². The third-order valence-corrected chi connectivity index (χ3v) is 3.21. The van der Waals surface area contributed by atoms with Gasteiger partial charge in [0.15, 0.2) is 5.60 Å². The number of aliphatic hydroxyl groups is 1. The number of hydrogen-bond acceptors (Lipinski definition) is 2. The molecule has 2 N–H and O–H groups in total. The van der Waals surface area contributed by atoms with Crippen molar-refractivity contribution in [1.82, 2.24) is 10.2 Å². The molecule has 0 unspecified atom stereocenters. The van der Waals surface area contributed by atoms with Gasteiger partial charge in [-0.25, -0.2) is 4.79 Å². The second-order valence-corrected chi connectivity index (χ2v) is 4.60. The third kappa shape index (κ3) is 3.51. The zero-order valence-corrected chi connectivity index (χ0v) is 10.4. The second kappa shape index (κ2) is 5.77. The molecule has 0 radical (unpaired) electrons. The summed E-state index contributed by atoms with van der Waals surface area (Å²) in [6, 6.07) is -0.354. The minimum absolute atomic E-state index is 0.0754. The van der Waals surface area contributed by atoms with E-state index in [-0.39, 0.29) is 19.1 Å². The Bertz CT molecular complexity index is 287. The minimum atomic E-state index is -4.63. The molecule has 0 aromatic carbocycles. The number of likely N-dealkylation sites (tertiary alicyclic amines) is 1. The molecule has 7 heteroatoms. The van der Waals surface area contributed by atoms with E-state index in [1.807, 2.05) is 6.92 Å². The van der Waals surface area contributed by atoms with E-state index in [2.05, 4.69) is 5.32 Å². The highest BCUT2D eigenvalue weighted by Crippen LogP contribution is 2.38. The first-order chi connectivity index (χ1) is 8.30. The predicted octanol–water partition coefficient (Wildman–Crippen LogP) is 1.89. The summed E-state index contributed by atoms with van der Waals surface area (Å²) in [5, 5.41) is 12.1. The van der Waals surface area contributed by atoms with Crippen LogP contribution in [0.2, 0.25) is 0 Å². The highest BCUT2D eigenvalue weighted by Gasteiger charge is 2.54. The molecule has 4 nitrogen and oxygen atoms in total. The fourth-order valence-electron chi connectivity index (χ4n) is 1.85. The van der Waals surface area contributed by atoms with Crippen LogP contribution in [0.15, 0.2) is 0 Å². The molecule has 2 amide bonds. The summed E-state index contributed by atoms with van der Waals surface area (Å²) < 4.78 is 37.6. The largest absolute Gasteiger partial charge is 0.417 e. The van der Waals surface area contributed by atoms with Crippen LogP contribution in [0.4, 0.5) is 18.0 Å². The number of carbonyl (C=O) groups excluding carboxylic acids is 1. The van der Waals surface area contributed by atoms with Crippen LogP contribution in [-0.2, 0) is 0 Å². The molecule has 0 aromatic rings. The summed E-state index contributed by atoms with van der Waals surface area (Å²) >= 11 is 0. The molecule has 0 aliphatic carbocycles. The van der Waals surface area contributed by atoms with Crippen LogP contribution in [0, 0.1) is 0 Å². The molecule has 0 aromatic heterocycles. The van der Waals surface area contributed by atoms with Crippen LogP contribution in [0.25, 0.3) is 0 Å². The van der Waals surface area contributed by atoms with Crippen molar-refractivity contribution < 1.29 is 23.1 Å². The first-order valence-corrected chi connectivity index (χ1v) is 6.12. The van der Waals surface area contributed by atoms with Crippen LogP contribution in [0.1, 0.15) is 32.6 Å². The lowest BCUT2D eigenvalue weighted by Gasteiger charge is -2.39. The molecule has 0 saturated carbocycles. The lowest BCUT2D eigenvalue weighted by atomic mass is 9.91. The molecule has 1 fully saturated rings. The highest BCUT2D eigenvalue weighted by atomic mass is 19.4. The zero-order valence-electron chi connectivity index (χ0n) is 10.4. The lowest BCUT2D eigenvalue weighted by molar-refractivity contribution is -0.271. The number of alkyl halides is 3. The maximum atomic E-state index is 12.5. The Balaban J connectivity index is 2.42. The van der Waals surface area contributed by atoms with Crippen molar-refractivity contribution >= 4 is 6.03 Å². The van der Waals surface area contributed by atoms with Crippen molar-refractivity contribution in [2.75, 3.05) is 19.6 Å². The summed E-state index contributed by atoms with van der Waals surface area (Å²) in [5.74, 6) is 0. The molecule has 1 heterocycles. The normalized spacial score (nSPS) is 19.7. The van der Waals surface area contributed by atoms with E-state index in [0.29, 0.717) is 6.54 Å². The molecule has 1 aliphatic heterocycles. The number of amides is 2. The van der Waals surface area contributed by atoms with Gasteiger partial charge < -0.3 is 15.3 Å². The van der Waals surface area contributed by atoms with Crippen molar-refractivity contribution in [2.45, 2.75) is 44.4 Å². The van der Waals surface area contributed by atoms with Gasteiger partial charge >= 0.3 is 12.2 Å². The van der Waals surface area contributed by atoms with E-state index in [0.717, 1.165) is 12.8 Å². The Kier molecular flexibility index (Phi) is 4.84. The van der Waals surface area contributed by atoms with Gasteiger partial charge in [-0.3, -0.25) is 0 Å². The molecule has 18 heavy (non-hydrogen) atoms. The summed E-state index contributed by atoms with van der Waals surface area (Å²) in [6.45, 7) is 2.35. The van der Waals surface area contributed by atoms with Gasteiger partial charge in [-0.2, -0.15) is 13.2 Å². The number of rotatable bonds is 3. The van der Waals surface area contributed by atoms with Crippen molar-refractivity contribution in [2.24, 2.45) is 0 Å². The van der Waals surface area contributed by atoms with Crippen LogP contribution >= 0.6 is 0 Å². The standard InChI is InChI=1S/C11H19F3N2O2/c1-2-3-6-15-9(17)16-7-4-10(18,5-8-16)11(12,13)14/h18H,2-8H2,1H3,(H,15,17). The number of nitrogens with one attached hydrogen (secondary N) is 1. The average molecular weight is 268 g/mol. The maximum absolute atomic E-state index is 12.5. The Morgan fingerprint density at radius 1 is 1.39 bits per heavy atom. The lowest BCUT2D eigenvalue weighted by Crippen LogP contribution is -2.55. The number of urea groups is 1. The molecule has 0 spiro atoms. The van der Waals surface area contributed by atoms with E-state index in [4.69, 9.17) is 0 Å². The Labute approximate surface area is 104 Å². The number of unbranched alkanes of at least 4 members (excludes halogenated alkanes) is 1. The monoisotopic (exact) mass is 268 g/mol. The van der Waals surface area contributed by atoms with Gasteiger partial charge in [-0.1, -0.05) is 13.3 Å². The molecule has 1 saturated heterocycles.